The van der Waals surface area contributed by atoms with E-state index in [9.17, 15) is 13.2 Å². The maximum absolute atomic E-state index is 12.4. The van der Waals surface area contributed by atoms with Crippen molar-refractivity contribution in [3.05, 3.63) is 54.1 Å². The molecule has 0 aromatic heterocycles. The molecule has 0 aliphatic rings. The van der Waals surface area contributed by atoms with Crippen LogP contribution in [0.2, 0.25) is 0 Å². The Kier molecular flexibility index (Phi) is 6.62. The summed E-state index contributed by atoms with van der Waals surface area (Å²) < 4.78 is 32.5. The van der Waals surface area contributed by atoms with Gasteiger partial charge in [0.25, 0.3) is 0 Å². The Morgan fingerprint density at radius 3 is 2.33 bits per heavy atom. The number of nitrogens with one attached hydrogen (secondary N) is 2. The zero-order valence-corrected chi connectivity index (χ0v) is 16.9. The fourth-order valence-corrected chi connectivity index (χ4v) is 3.94. The molecule has 0 spiro atoms. The zero-order valence-electron chi connectivity index (χ0n) is 16.1. The van der Waals surface area contributed by atoms with E-state index in [4.69, 9.17) is 4.74 Å². The van der Waals surface area contributed by atoms with Crippen LogP contribution in [0.3, 0.4) is 0 Å². The van der Waals surface area contributed by atoms with Crippen LogP contribution in [0.4, 0.5) is 5.69 Å². The molecule has 0 aliphatic carbocycles. The highest BCUT2D eigenvalue weighted by molar-refractivity contribution is 7.89. The summed E-state index contributed by atoms with van der Waals surface area (Å²) in [7, 11) is -2.05. The lowest BCUT2D eigenvalue weighted by molar-refractivity contribution is -0.116. The van der Waals surface area contributed by atoms with Gasteiger partial charge in [-0.2, -0.15) is 0 Å². The van der Waals surface area contributed by atoms with Crippen LogP contribution in [0.25, 0.3) is 0 Å². The van der Waals surface area contributed by atoms with Crippen LogP contribution in [0.15, 0.2) is 53.4 Å². The predicted molar refractivity (Wildman–Crippen MR) is 106 cm³/mol. The van der Waals surface area contributed by atoms with Crippen molar-refractivity contribution in [3.8, 4) is 5.75 Å². The van der Waals surface area contributed by atoms with Crippen LogP contribution in [0.5, 0.6) is 5.75 Å². The van der Waals surface area contributed by atoms with E-state index in [1.165, 1.54) is 12.1 Å². The van der Waals surface area contributed by atoms with Gasteiger partial charge in [-0.1, -0.05) is 18.2 Å². The van der Waals surface area contributed by atoms with Gasteiger partial charge in [0.1, 0.15) is 5.75 Å². The Bertz CT molecular complexity index is 885. The van der Waals surface area contributed by atoms with Crippen molar-refractivity contribution >= 4 is 21.6 Å². The fraction of sp³-hybridized carbons (Fsp3) is 0.350. The van der Waals surface area contributed by atoms with Crippen molar-refractivity contribution in [2.45, 2.75) is 44.0 Å². The first-order chi connectivity index (χ1) is 12.6. The number of carbonyl (C=O) groups is 1. The highest BCUT2D eigenvalue weighted by atomic mass is 32.2. The number of ether oxygens (including phenoxy) is 1. The van der Waals surface area contributed by atoms with E-state index < -0.39 is 15.6 Å². The number of rotatable bonds is 7. The van der Waals surface area contributed by atoms with Crippen LogP contribution < -0.4 is 14.8 Å². The molecule has 7 heteroatoms. The van der Waals surface area contributed by atoms with Gasteiger partial charge >= 0.3 is 0 Å². The number of anilines is 1. The van der Waals surface area contributed by atoms with Crippen LogP contribution in [0.1, 0.15) is 32.8 Å². The molecule has 0 bridgehead atoms. The molecule has 0 unspecified atom stereocenters. The summed E-state index contributed by atoms with van der Waals surface area (Å²) in [6.07, 6.45) is 0.878. The van der Waals surface area contributed by atoms with Crippen molar-refractivity contribution in [2.75, 3.05) is 12.4 Å². The minimum absolute atomic E-state index is 0.116. The second kappa shape index (κ2) is 8.54. The molecule has 0 radical (unpaired) electrons. The normalized spacial score (nSPS) is 11.9. The first-order valence-electron chi connectivity index (χ1n) is 8.66. The summed E-state index contributed by atoms with van der Waals surface area (Å²) in [5.74, 6) is 0.592. The number of methoxy groups -OCH3 is 1. The molecule has 0 fully saturated rings. The standard InChI is InChI=1S/C20H26N2O4S/c1-20(2,3)22-27(24,25)18-7-5-6-16(14-18)21-19(23)13-10-15-8-11-17(26-4)12-9-15/h5-9,11-12,14,22H,10,13H2,1-4H3,(H,21,23). The lowest BCUT2D eigenvalue weighted by Gasteiger charge is -2.20. The van der Waals surface area contributed by atoms with Crippen molar-refractivity contribution in [3.63, 3.8) is 0 Å². The van der Waals surface area contributed by atoms with E-state index >= 15 is 0 Å². The zero-order chi connectivity index (χ0) is 20.1. The first kappa shape index (κ1) is 20.9. The quantitative estimate of drug-likeness (QED) is 0.759. The van der Waals surface area contributed by atoms with E-state index in [1.54, 1.807) is 40.0 Å². The number of hydrogen-bond acceptors (Lipinski definition) is 4. The maximum Gasteiger partial charge on any atom is 0.241 e. The second-order valence-electron chi connectivity index (χ2n) is 7.28. The van der Waals surface area contributed by atoms with Gasteiger partial charge < -0.3 is 10.1 Å². The third-order valence-corrected chi connectivity index (χ3v) is 5.42. The number of benzene rings is 2. The lowest BCUT2D eigenvalue weighted by atomic mass is 10.1. The topological polar surface area (TPSA) is 84.5 Å². The van der Waals surface area contributed by atoms with Gasteiger partial charge in [0, 0.05) is 17.6 Å². The summed E-state index contributed by atoms with van der Waals surface area (Å²) in [6.45, 7) is 5.32. The maximum atomic E-state index is 12.4. The number of carbonyl (C=O) groups excluding carboxylic acids is 1. The largest absolute Gasteiger partial charge is 0.497 e. The van der Waals surface area contributed by atoms with Crippen LogP contribution >= 0.6 is 0 Å². The Morgan fingerprint density at radius 2 is 1.74 bits per heavy atom. The molecular weight excluding hydrogens is 364 g/mol. The smallest absolute Gasteiger partial charge is 0.241 e. The van der Waals surface area contributed by atoms with Crippen LogP contribution in [0, 0.1) is 0 Å². The van der Waals surface area contributed by atoms with Gasteiger partial charge in [-0.25, -0.2) is 13.1 Å². The minimum atomic E-state index is -3.65. The molecule has 146 valence electrons. The van der Waals surface area contributed by atoms with Gasteiger partial charge in [-0.05, 0) is 63.1 Å². The van der Waals surface area contributed by atoms with Gasteiger partial charge in [-0.15, -0.1) is 0 Å². The summed E-state index contributed by atoms with van der Waals surface area (Å²) in [5.41, 5.74) is 0.888. The van der Waals surface area contributed by atoms with Gasteiger partial charge in [0.15, 0.2) is 0 Å². The summed E-state index contributed by atoms with van der Waals surface area (Å²) >= 11 is 0. The average Bonchev–Trinajstić information content (AvgIpc) is 2.58. The van der Waals surface area contributed by atoms with Gasteiger partial charge in [0.05, 0.1) is 12.0 Å². The van der Waals surface area contributed by atoms with Crippen molar-refractivity contribution in [2.24, 2.45) is 0 Å². The Morgan fingerprint density at radius 1 is 1.07 bits per heavy atom. The van der Waals surface area contributed by atoms with Crippen LogP contribution in [-0.4, -0.2) is 27.0 Å². The number of amides is 1. The Balaban J connectivity index is 1.99. The third-order valence-electron chi connectivity index (χ3n) is 3.67. The fourth-order valence-electron chi connectivity index (χ4n) is 2.48. The minimum Gasteiger partial charge on any atom is -0.497 e. The molecule has 2 aromatic rings. The lowest BCUT2D eigenvalue weighted by Crippen LogP contribution is -2.40. The number of hydrogen-bond donors (Lipinski definition) is 2. The number of aryl methyl sites for hydroxylation is 1. The molecule has 1 amide bonds. The van der Waals surface area contributed by atoms with Crippen molar-refractivity contribution in [1.29, 1.82) is 0 Å². The van der Waals surface area contributed by atoms with E-state index in [0.717, 1.165) is 11.3 Å². The van der Waals surface area contributed by atoms with E-state index in [0.29, 0.717) is 18.5 Å². The molecule has 0 saturated heterocycles. The molecule has 0 atom stereocenters. The van der Waals surface area contributed by atoms with E-state index in [1.807, 2.05) is 24.3 Å². The average molecular weight is 391 g/mol. The molecule has 0 heterocycles. The second-order valence-corrected chi connectivity index (χ2v) is 8.96. The van der Waals surface area contributed by atoms with Gasteiger partial charge in [0.2, 0.25) is 15.9 Å². The molecule has 27 heavy (non-hydrogen) atoms. The SMILES string of the molecule is COc1ccc(CCC(=O)Nc2cccc(S(=O)(=O)NC(C)(C)C)c2)cc1. The molecule has 0 saturated carbocycles. The van der Waals surface area contributed by atoms with Crippen molar-refractivity contribution < 1.29 is 17.9 Å². The summed E-state index contributed by atoms with van der Waals surface area (Å²) in [6, 6.07) is 13.8. The molecule has 2 aromatic carbocycles. The molecule has 2 N–H and O–H groups in total. The number of sulfonamides is 1. The molecular formula is C20H26N2O4S. The Hall–Kier alpha value is -2.38. The molecule has 2 rings (SSSR count). The third kappa shape index (κ3) is 6.69. The van der Waals surface area contributed by atoms with Crippen LogP contribution in [-0.2, 0) is 21.2 Å². The van der Waals surface area contributed by atoms with E-state index in [2.05, 4.69) is 10.0 Å². The first-order valence-corrected chi connectivity index (χ1v) is 10.1. The van der Waals surface area contributed by atoms with Crippen molar-refractivity contribution in [1.82, 2.24) is 4.72 Å². The van der Waals surface area contributed by atoms with Gasteiger partial charge in [-0.3, -0.25) is 4.79 Å². The molecule has 6 nitrogen and oxygen atoms in total. The predicted octanol–water partition coefficient (Wildman–Crippen LogP) is 3.34. The summed E-state index contributed by atoms with van der Waals surface area (Å²) in [5, 5.41) is 2.75. The Labute approximate surface area is 161 Å². The summed E-state index contributed by atoms with van der Waals surface area (Å²) in [4.78, 5) is 12.3. The highest BCUT2D eigenvalue weighted by Gasteiger charge is 2.22. The highest BCUT2D eigenvalue weighted by Crippen LogP contribution is 2.18. The van der Waals surface area contributed by atoms with E-state index in [-0.39, 0.29) is 10.8 Å². The monoisotopic (exact) mass is 390 g/mol. The molecule has 0 aliphatic heterocycles.